The van der Waals surface area contributed by atoms with Crippen LogP contribution in [0.15, 0.2) is 12.7 Å². The van der Waals surface area contributed by atoms with E-state index < -0.39 is 11.5 Å². The Hall–Kier alpha value is -0.830. The number of aliphatic hydroxyl groups excluding tert-OH is 1. The summed E-state index contributed by atoms with van der Waals surface area (Å²) in [7, 11) is 1.36. The zero-order valence-corrected chi connectivity index (χ0v) is 7.95. The Bertz CT molecular complexity index is 212. The summed E-state index contributed by atoms with van der Waals surface area (Å²) >= 11 is 0. The molecule has 0 aliphatic heterocycles. The van der Waals surface area contributed by atoms with Crippen molar-refractivity contribution in [3.8, 4) is 0 Å². The van der Waals surface area contributed by atoms with Crippen molar-refractivity contribution in [1.82, 2.24) is 0 Å². The molecule has 1 aliphatic carbocycles. The lowest BCUT2D eigenvalue weighted by molar-refractivity contribution is -0.158. The van der Waals surface area contributed by atoms with Crippen LogP contribution in [0, 0.1) is 5.41 Å². The third-order valence-corrected chi connectivity index (χ3v) is 2.84. The number of carbonyl (C=O) groups excluding carboxylic acids is 1. The molecule has 0 heterocycles. The molecule has 1 fully saturated rings. The number of hydrogen-bond donors (Lipinski definition) is 1. The first-order valence-corrected chi connectivity index (χ1v) is 4.55. The van der Waals surface area contributed by atoms with Crippen molar-refractivity contribution in [2.45, 2.75) is 31.8 Å². The van der Waals surface area contributed by atoms with Crippen molar-refractivity contribution in [3.05, 3.63) is 12.7 Å². The lowest BCUT2D eigenvalue weighted by Gasteiger charge is -2.28. The molecule has 0 aromatic heterocycles. The zero-order chi connectivity index (χ0) is 9.90. The van der Waals surface area contributed by atoms with Gasteiger partial charge in [0.2, 0.25) is 0 Å². The standard InChI is InChI=1S/C10H16O3/c1-3-6-10(9(12)13-2)7-4-5-8(10)11/h3,8,11H,1,4-7H2,2H3/t8-,10+/m1/s1. The number of hydrogen-bond acceptors (Lipinski definition) is 3. The number of ether oxygens (including phenoxy) is 1. The minimum absolute atomic E-state index is 0.308. The molecule has 1 N–H and O–H groups in total. The molecule has 0 aromatic rings. The largest absolute Gasteiger partial charge is 0.469 e. The summed E-state index contributed by atoms with van der Waals surface area (Å²) in [5.74, 6) is -0.308. The van der Waals surface area contributed by atoms with Gasteiger partial charge in [-0.1, -0.05) is 6.08 Å². The van der Waals surface area contributed by atoms with Gasteiger partial charge in [-0.25, -0.2) is 0 Å². The molecular formula is C10H16O3. The lowest BCUT2D eigenvalue weighted by Crippen LogP contribution is -2.38. The van der Waals surface area contributed by atoms with Gasteiger partial charge < -0.3 is 9.84 Å². The maximum atomic E-state index is 11.5. The third-order valence-electron chi connectivity index (χ3n) is 2.84. The number of rotatable bonds is 3. The third kappa shape index (κ3) is 1.61. The average molecular weight is 184 g/mol. The van der Waals surface area contributed by atoms with Crippen LogP contribution in [-0.2, 0) is 9.53 Å². The van der Waals surface area contributed by atoms with Crippen LogP contribution < -0.4 is 0 Å². The van der Waals surface area contributed by atoms with Crippen molar-refractivity contribution in [1.29, 1.82) is 0 Å². The second-order valence-electron chi connectivity index (χ2n) is 3.55. The number of esters is 1. The summed E-state index contributed by atoms with van der Waals surface area (Å²) in [5, 5.41) is 9.72. The summed E-state index contributed by atoms with van der Waals surface area (Å²) < 4.78 is 4.71. The first kappa shape index (κ1) is 10.3. The van der Waals surface area contributed by atoms with Gasteiger partial charge >= 0.3 is 5.97 Å². The molecule has 0 amide bonds. The molecule has 3 heteroatoms. The molecule has 3 nitrogen and oxygen atoms in total. The minimum Gasteiger partial charge on any atom is -0.469 e. The van der Waals surface area contributed by atoms with E-state index in [4.69, 9.17) is 4.74 Å². The van der Waals surface area contributed by atoms with Crippen LogP contribution in [0.4, 0.5) is 0 Å². The highest BCUT2D eigenvalue weighted by molar-refractivity contribution is 5.78. The van der Waals surface area contributed by atoms with Crippen LogP contribution in [-0.4, -0.2) is 24.3 Å². The summed E-state index contributed by atoms with van der Waals surface area (Å²) in [4.78, 5) is 11.5. The molecule has 1 aliphatic rings. The van der Waals surface area contributed by atoms with Gasteiger partial charge in [-0.05, 0) is 25.7 Å². The van der Waals surface area contributed by atoms with Crippen molar-refractivity contribution in [3.63, 3.8) is 0 Å². The summed E-state index contributed by atoms with van der Waals surface area (Å²) in [6.45, 7) is 3.60. The average Bonchev–Trinajstić information content (AvgIpc) is 2.48. The predicted molar refractivity (Wildman–Crippen MR) is 49.1 cm³/mol. The van der Waals surface area contributed by atoms with Gasteiger partial charge in [0.05, 0.1) is 18.6 Å². The molecule has 0 bridgehead atoms. The first-order chi connectivity index (χ1) is 6.17. The first-order valence-electron chi connectivity index (χ1n) is 4.55. The van der Waals surface area contributed by atoms with Crippen LogP contribution in [0.25, 0.3) is 0 Å². The zero-order valence-electron chi connectivity index (χ0n) is 7.95. The molecule has 1 rings (SSSR count). The van der Waals surface area contributed by atoms with Gasteiger partial charge in [0, 0.05) is 0 Å². The SMILES string of the molecule is C=CC[C@]1(C(=O)OC)CCC[C@H]1O. The van der Waals surface area contributed by atoms with Crippen LogP contribution in [0.5, 0.6) is 0 Å². The molecule has 13 heavy (non-hydrogen) atoms. The normalized spacial score (nSPS) is 32.9. The molecule has 74 valence electrons. The Balaban J connectivity index is 2.85. The summed E-state index contributed by atoms with van der Waals surface area (Å²) in [6, 6.07) is 0. The Morgan fingerprint density at radius 2 is 2.54 bits per heavy atom. The van der Waals surface area contributed by atoms with E-state index in [1.54, 1.807) is 6.08 Å². The van der Waals surface area contributed by atoms with Gasteiger partial charge in [-0.15, -0.1) is 6.58 Å². The molecule has 1 saturated carbocycles. The van der Waals surface area contributed by atoms with E-state index >= 15 is 0 Å². The van der Waals surface area contributed by atoms with Gasteiger partial charge in [0.15, 0.2) is 0 Å². The van der Waals surface area contributed by atoms with Crippen LogP contribution in [0.2, 0.25) is 0 Å². The lowest BCUT2D eigenvalue weighted by atomic mass is 9.81. The summed E-state index contributed by atoms with van der Waals surface area (Å²) in [5.41, 5.74) is -0.712. The monoisotopic (exact) mass is 184 g/mol. The van der Waals surface area contributed by atoms with E-state index in [9.17, 15) is 9.90 Å². The number of carbonyl (C=O) groups is 1. The maximum absolute atomic E-state index is 11.5. The Morgan fingerprint density at radius 3 is 2.92 bits per heavy atom. The molecule has 0 radical (unpaired) electrons. The fourth-order valence-corrected chi connectivity index (χ4v) is 2.07. The second-order valence-corrected chi connectivity index (χ2v) is 3.55. The van der Waals surface area contributed by atoms with Crippen molar-refractivity contribution >= 4 is 5.97 Å². The van der Waals surface area contributed by atoms with Gasteiger partial charge in [0.1, 0.15) is 0 Å². The van der Waals surface area contributed by atoms with E-state index in [1.807, 2.05) is 0 Å². The number of aliphatic hydroxyl groups is 1. The molecule has 2 atom stereocenters. The highest BCUT2D eigenvalue weighted by Gasteiger charge is 2.48. The predicted octanol–water partition coefficient (Wildman–Crippen LogP) is 1.27. The van der Waals surface area contributed by atoms with E-state index in [2.05, 4.69) is 6.58 Å². The Morgan fingerprint density at radius 1 is 1.85 bits per heavy atom. The Labute approximate surface area is 78.4 Å². The number of allylic oxidation sites excluding steroid dienone is 1. The van der Waals surface area contributed by atoms with Crippen LogP contribution in [0.1, 0.15) is 25.7 Å². The Kier molecular flexibility index (Phi) is 3.09. The van der Waals surface area contributed by atoms with E-state index in [0.717, 1.165) is 6.42 Å². The molecule has 0 unspecified atom stereocenters. The number of methoxy groups -OCH3 is 1. The molecule has 0 saturated heterocycles. The highest BCUT2D eigenvalue weighted by atomic mass is 16.5. The highest BCUT2D eigenvalue weighted by Crippen LogP contribution is 2.42. The van der Waals surface area contributed by atoms with Crippen LogP contribution in [0.3, 0.4) is 0 Å². The van der Waals surface area contributed by atoms with Gasteiger partial charge in [-0.2, -0.15) is 0 Å². The van der Waals surface area contributed by atoms with Gasteiger partial charge in [0.25, 0.3) is 0 Å². The quantitative estimate of drug-likeness (QED) is 0.530. The van der Waals surface area contributed by atoms with Gasteiger partial charge in [-0.3, -0.25) is 4.79 Å². The molecule has 0 spiro atoms. The fourth-order valence-electron chi connectivity index (χ4n) is 2.07. The topological polar surface area (TPSA) is 46.5 Å². The fraction of sp³-hybridized carbons (Fsp3) is 0.700. The smallest absolute Gasteiger partial charge is 0.314 e. The molecular weight excluding hydrogens is 168 g/mol. The maximum Gasteiger partial charge on any atom is 0.314 e. The second kappa shape index (κ2) is 3.92. The van der Waals surface area contributed by atoms with E-state index in [1.165, 1.54) is 7.11 Å². The van der Waals surface area contributed by atoms with Crippen molar-refractivity contribution in [2.75, 3.05) is 7.11 Å². The van der Waals surface area contributed by atoms with E-state index in [0.29, 0.717) is 19.3 Å². The van der Waals surface area contributed by atoms with Crippen molar-refractivity contribution < 1.29 is 14.6 Å². The molecule has 0 aromatic carbocycles. The minimum atomic E-state index is -0.712. The van der Waals surface area contributed by atoms with E-state index in [-0.39, 0.29) is 5.97 Å². The van der Waals surface area contributed by atoms with Crippen LogP contribution >= 0.6 is 0 Å². The summed E-state index contributed by atoms with van der Waals surface area (Å²) in [6.07, 6.45) is 3.87. The van der Waals surface area contributed by atoms with Crippen molar-refractivity contribution in [2.24, 2.45) is 5.41 Å².